The molecule has 2 aromatic heterocycles. The second kappa shape index (κ2) is 5.77. The van der Waals surface area contributed by atoms with Gasteiger partial charge < -0.3 is 4.52 Å². The van der Waals surface area contributed by atoms with Crippen molar-refractivity contribution in [2.24, 2.45) is 0 Å². The van der Waals surface area contributed by atoms with Crippen LogP contribution in [0.4, 0.5) is 0 Å². The third-order valence-corrected chi connectivity index (χ3v) is 3.57. The molecule has 3 aromatic rings. The van der Waals surface area contributed by atoms with Crippen molar-refractivity contribution in [3.63, 3.8) is 0 Å². The van der Waals surface area contributed by atoms with Gasteiger partial charge in [0.15, 0.2) is 5.82 Å². The van der Waals surface area contributed by atoms with Crippen molar-refractivity contribution in [1.82, 2.24) is 19.7 Å². The van der Waals surface area contributed by atoms with Gasteiger partial charge in [-0.25, -0.2) is 4.98 Å². The molecule has 0 aliphatic carbocycles. The lowest BCUT2D eigenvalue weighted by atomic mass is 10.2. The maximum atomic E-state index is 12.4. The average Bonchev–Trinajstić information content (AvgIpc) is 2.90. The fraction of sp³-hybridized carbons (Fsp3) is 0.286. The third kappa shape index (κ3) is 2.87. The molecular formula is C14H13BrN4O2. The molecule has 0 aliphatic rings. The van der Waals surface area contributed by atoms with Crippen molar-refractivity contribution >= 4 is 26.8 Å². The molecule has 21 heavy (non-hydrogen) atoms. The fourth-order valence-corrected chi connectivity index (χ4v) is 2.42. The molecule has 0 atom stereocenters. The van der Waals surface area contributed by atoms with Crippen LogP contribution in [0.2, 0.25) is 0 Å². The quantitative estimate of drug-likeness (QED) is 0.724. The molecule has 6 nitrogen and oxygen atoms in total. The Morgan fingerprint density at radius 3 is 3.05 bits per heavy atom. The SMILES string of the molecule is CCCc1nc(Cn2cnc3cc(Br)ccc3c2=O)no1. The topological polar surface area (TPSA) is 73.8 Å². The first-order chi connectivity index (χ1) is 10.2. The van der Waals surface area contributed by atoms with Crippen LogP contribution in [-0.4, -0.2) is 19.7 Å². The zero-order chi connectivity index (χ0) is 14.8. The summed E-state index contributed by atoms with van der Waals surface area (Å²) in [5, 5.41) is 4.45. The number of fused-ring (bicyclic) bond motifs is 1. The van der Waals surface area contributed by atoms with Crippen LogP contribution in [0.25, 0.3) is 10.9 Å². The van der Waals surface area contributed by atoms with Gasteiger partial charge in [0.1, 0.15) is 0 Å². The first kappa shape index (κ1) is 13.9. The molecule has 0 radical (unpaired) electrons. The van der Waals surface area contributed by atoms with E-state index in [0.29, 0.717) is 22.6 Å². The number of aryl methyl sites for hydroxylation is 1. The number of halogens is 1. The van der Waals surface area contributed by atoms with Gasteiger partial charge in [0.2, 0.25) is 5.89 Å². The molecule has 0 saturated heterocycles. The van der Waals surface area contributed by atoms with E-state index in [1.54, 1.807) is 6.07 Å². The van der Waals surface area contributed by atoms with E-state index in [4.69, 9.17) is 4.52 Å². The van der Waals surface area contributed by atoms with E-state index >= 15 is 0 Å². The van der Waals surface area contributed by atoms with Crippen LogP contribution in [0.15, 0.2) is 38.3 Å². The van der Waals surface area contributed by atoms with Crippen molar-refractivity contribution in [3.05, 3.63) is 51.1 Å². The summed E-state index contributed by atoms with van der Waals surface area (Å²) in [5.74, 6) is 1.08. The predicted octanol–water partition coefficient (Wildman–Crippen LogP) is 2.54. The second-order valence-electron chi connectivity index (χ2n) is 4.69. The summed E-state index contributed by atoms with van der Waals surface area (Å²) in [6, 6.07) is 5.39. The molecule has 0 unspecified atom stereocenters. The Hall–Kier alpha value is -2.02. The number of aromatic nitrogens is 4. The maximum Gasteiger partial charge on any atom is 0.261 e. The molecule has 108 valence electrons. The lowest BCUT2D eigenvalue weighted by Crippen LogP contribution is -2.21. The highest BCUT2D eigenvalue weighted by Crippen LogP contribution is 2.15. The third-order valence-electron chi connectivity index (χ3n) is 3.07. The van der Waals surface area contributed by atoms with E-state index in [1.165, 1.54) is 10.9 Å². The van der Waals surface area contributed by atoms with Crippen molar-refractivity contribution in [1.29, 1.82) is 0 Å². The van der Waals surface area contributed by atoms with E-state index in [9.17, 15) is 4.79 Å². The number of nitrogens with zero attached hydrogens (tertiary/aromatic N) is 4. The van der Waals surface area contributed by atoms with Gasteiger partial charge in [0.05, 0.1) is 23.8 Å². The van der Waals surface area contributed by atoms with Gasteiger partial charge in [-0.2, -0.15) is 4.98 Å². The Kier molecular flexibility index (Phi) is 3.83. The Bertz CT molecular complexity index is 840. The van der Waals surface area contributed by atoms with E-state index in [2.05, 4.69) is 31.1 Å². The van der Waals surface area contributed by atoms with Gasteiger partial charge in [-0.15, -0.1) is 0 Å². The summed E-state index contributed by atoms with van der Waals surface area (Å²) in [7, 11) is 0. The summed E-state index contributed by atoms with van der Waals surface area (Å²) in [5.41, 5.74) is 0.541. The minimum absolute atomic E-state index is 0.116. The summed E-state index contributed by atoms with van der Waals surface area (Å²) < 4.78 is 7.49. The largest absolute Gasteiger partial charge is 0.339 e. The standard InChI is InChI=1S/C14H13BrN4O2/c1-2-3-13-17-12(18-21-13)7-19-8-16-11-6-9(15)4-5-10(11)14(19)20/h4-6,8H,2-3,7H2,1H3. The van der Waals surface area contributed by atoms with Crippen LogP contribution in [-0.2, 0) is 13.0 Å². The van der Waals surface area contributed by atoms with E-state index in [1.807, 2.05) is 19.1 Å². The van der Waals surface area contributed by atoms with Crippen LogP contribution >= 0.6 is 15.9 Å². The molecule has 0 amide bonds. The molecule has 0 N–H and O–H groups in total. The van der Waals surface area contributed by atoms with E-state index < -0.39 is 0 Å². The number of rotatable bonds is 4. The zero-order valence-electron chi connectivity index (χ0n) is 11.4. The smallest absolute Gasteiger partial charge is 0.261 e. The van der Waals surface area contributed by atoms with Crippen LogP contribution in [0.3, 0.4) is 0 Å². The van der Waals surface area contributed by atoms with E-state index in [-0.39, 0.29) is 12.1 Å². The van der Waals surface area contributed by atoms with Gasteiger partial charge in [0, 0.05) is 10.9 Å². The van der Waals surface area contributed by atoms with Crippen LogP contribution in [0.1, 0.15) is 25.1 Å². The zero-order valence-corrected chi connectivity index (χ0v) is 13.0. The lowest BCUT2D eigenvalue weighted by molar-refractivity contribution is 0.371. The van der Waals surface area contributed by atoms with Gasteiger partial charge in [-0.1, -0.05) is 28.0 Å². The molecule has 0 fully saturated rings. The van der Waals surface area contributed by atoms with Crippen molar-refractivity contribution < 1.29 is 4.52 Å². The highest BCUT2D eigenvalue weighted by atomic mass is 79.9. The number of hydrogen-bond donors (Lipinski definition) is 0. The lowest BCUT2D eigenvalue weighted by Gasteiger charge is -2.03. The maximum absolute atomic E-state index is 12.4. The summed E-state index contributed by atoms with van der Waals surface area (Å²) in [6.07, 6.45) is 3.19. The number of benzene rings is 1. The first-order valence-corrected chi connectivity index (χ1v) is 7.43. The molecular weight excluding hydrogens is 336 g/mol. The summed E-state index contributed by atoms with van der Waals surface area (Å²) in [4.78, 5) is 20.9. The predicted molar refractivity (Wildman–Crippen MR) is 81.1 cm³/mol. The minimum Gasteiger partial charge on any atom is -0.339 e. The van der Waals surface area contributed by atoms with Gasteiger partial charge >= 0.3 is 0 Å². The van der Waals surface area contributed by atoms with E-state index in [0.717, 1.165) is 17.3 Å². The average molecular weight is 349 g/mol. The minimum atomic E-state index is -0.116. The van der Waals surface area contributed by atoms with Crippen molar-refractivity contribution in [2.75, 3.05) is 0 Å². The molecule has 3 rings (SSSR count). The Morgan fingerprint density at radius 1 is 1.38 bits per heavy atom. The van der Waals surface area contributed by atoms with Crippen LogP contribution < -0.4 is 5.56 Å². The molecule has 1 aromatic carbocycles. The molecule has 0 saturated carbocycles. The molecule has 7 heteroatoms. The second-order valence-corrected chi connectivity index (χ2v) is 5.61. The molecule has 2 heterocycles. The monoisotopic (exact) mass is 348 g/mol. The summed E-state index contributed by atoms with van der Waals surface area (Å²) >= 11 is 3.37. The normalized spacial score (nSPS) is 11.1. The highest BCUT2D eigenvalue weighted by molar-refractivity contribution is 9.10. The molecule has 0 bridgehead atoms. The highest BCUT2D eigenvalue weighted by Gasteiger charge is 2.09. The van der Waals surface area contributed by atoms with Crippen LogP contribution in [0, 0.1) is 0 Å². The fourth-order valence-electron chi connectivity index (χ4n) is 2.07. The Balaban J connectivity index is 1.95. The number of hydrogen-bond acceptors (Lipinski definition) is 5. The van der Waals surface area contributed by atoms with Crippen LogP contribution in [0.5, 0.6) is 0 Å². The molecule has 0 aliphatic heterocycles. The summed E-state index contributed by atoms with van der Waals surface area (Å²) in [6.45, 7) is 2.30. The van der Waals surface area contributed by atoms with Gasteiger partial charge in [-0.05, 0) is 24.6 Å². The Morgan fingerprint density at radius 2 is 2.24 bits per heavy atom. The van der Waals surface area contributed by atoms with Gasteiger partial charge in [0.25, 0.3) is 5.56 Å². The molecule has 0 spiro atoms. The van der Waals surface area contributed by atoms with Gasteiger partial charge in [-0.3, -0.25) is 9.36 Å². The first-order valence-electron chi connectivity index (χ1n) is 6.63. The Labute approximate surface area is 128 Å². The van der Waals surface area contributed by atoms with Crippen molar-refractivity contribution in [2.45, 2.75) is 26.3 Å². The van der Waals surface area contributed by atoms with Crippen molar-refractivity contribution in [3.8, 4) is 0 Å².